The van der Waals surface area contributed by atoms with Gasteiger partial charge in [-0.15, -0.1) is 0 Å². The van der Waals surface area contributed by atoms with Crippen molar-refractivity contribution in [3.05, 3.63) is 10.6 Å². The maximum Gasteiger partial charge on any atom is 0.213 e. The van der Waals surface area contributed by atoms with Crippen LogP contribution < -0.4 is 0 Å². The molecule has 0 saturated carbocycles. The van der Waals surface area contributed by atoms with E-state index in [9.17, 15) is 0 Å². The lowest BCUT2D eigenvalue weighted by molar-refractivity contribution is 0.0382. The molecule has 0 aliphatic carbocycles. The molecule has 78 valence electrons. The highest BCUT2D eigenvalue weighted by atomic mass is 32.1. The Morgan fingerprint density at radius 3 is 2.79 bits per heavy atom. The van der Waals surface area contributed by atoms with E-state index in [2.05, 4.69) is 20.1 Å². The summed E-state index contributed by atoms with van der Waals surface area (Å²) >= 11 is 4.87. The van der Waals surface area contributed by atoms with Crippen LogP contribution in [0.2, 0.25) is 0 Å². The average Bonchev–Trinajstić information content (AvgIpc) is 2.63. The van der Waals surface area contributed by atoms with Gasteiger partial charge in [0.2, 0.25) is 4.77 Å². The predicted octanol–water partition coefficient (Wildman–Crippen LogP) is 0.342. The van der Waals surface area contributed by atoms with Crippen molar-refractivity contribution in [2.45, 2.75) is 6.42 Å². The van der Waals surface area contributed by atoms with Gasteiger partial charge in [-0.3, -0.25) is 15.1 Å². The summed E-state index contributed by atoms with van der Waals surface area (Å²) in [4.78, 5) is 6.51. The highest BCUT2D eigenvalue weighted by molar-refractivity contribution is 7.71. The molecular weight excluding hydrogens is 200 g/mol. The Hall–Kier alpha value is -0.720. The van der Waals surface area contributed by atoms with E-state index in [0.29, 0.717) is 4.77 Å². The van der Waals surface area contributed by atoms with Gasteiger partial charge in [-0.25, -0.2) is 4.98 Å². The quantitative estimate of drug-likeness (QED) is 0.713. The van der Waals surface area contributed by atoms with Crippen molar-refractivity contribution in [2.24, 2.45) is 0 Å². The number of hydrogen-bond acceptors (Lipinski definition) is 4. The minimum atomic E-state index is 0.530. The number of H-pyrrole nitrogens is 2. The summed E-state index contributed by atoms with van der Waals surface area (Å²) in [6, 6.07) is 0. The van der Waals surface area contributed by atoms with Crippen molar-refractivity contribution in [3.8, 4) is 0 Å². The van der Waals surface area contributed by atoms with Gasteiger partial charge in [0.05, 0.1) is 13.2 Å². The Bertz CT molecular complexity index is 328. The molecule has 2 N–H and O–H groups in total. The van der Waals surface area contributed by atoms with Crippen LogP contribution in [0.3, 0.4) is 0 Å². The molecule has 1 aliphatic rings. The second kappa shape index (κ2) is 4.68. The molecule has 0 aromatic carbocycles. The number of aromatic amines is 2. The van der Waals surface area contributed by atoms with Crippen molar-refractivity contribution < 1.29 is 4.74 Å². The summed E-state index contributed by atoms with van der Waals surface area (Å²) in [6.07, 6.45) is 0.910. The van der Waals surface area contributed by atoms with Gasteiger partial charge in [0, 0.05) is 26.1 Å². The third kappa shape index (κ3) is 2.63. The Labute approximate surface area is 87.5 Å². The van der Waals surface area contributed by atoms with E-state index in [-0.39, 0.29) is 0 Å². The predicted molar refractivity (Wildman–Crippen MR) is 54.7 cm³/mol. The first-order chi connectivity index (χ1) is 6.84. The van der Waals surface area contributed by atoms with Crippen LogP contribution in [0.4, 0.5) is 0 Å². The molecule has 5 nitrogen and oxygen atoms in total. The van der Waals surface area contributed by atoms with Crippen LogP contribution in [0.15, 0.2) is 0 Å². The maximum absolute atomic E-state index is 5.27. The number of nitrogens with one attached hydrogen (secondary N) is 2. The van der Waals surface area contributed by atoms with Crippen molar-refractivity contribution in [1.82, 2.24) is 20.1 Å². The smallest absolute Gasteiger partial charge is 0.213 e. The summed E-state index contributed by atoms with van der Waals surface area (Å²) in [5.74, 6) is 0.932. The molecule has 0 radical (unpaired) electrons. The van der Waals surface area contributed by atoms with E-state index in [0.717, 1.165) is 45.1 Å². The zero-order valence-corrected chi connectivity index (χ0v) is 8.77. The second-order valence-electron chi connectivity index (χ2n) is 3.32. The molecule has 1 saturated heterocycles. The molecule has 0 atom stereocenters. The summed E-state index contributed by atoms with van der Waals surface area (Å²) in [7, 11) is 0. The van der Waals surface area contributed by atoms with Gasteiger partial charge in [-0.2, -0.15) is 0 Å². The van der Waals surface area contributed by atoms with E-state index in [1.807, 2.05) is 0 Å². The van der Waals surface area contributed by atoms with E-state index in [1.165, 1.54) is 0 Å². The Morgan fingerprint density at radius 2 is 2.14 bits per heavy atom. The molecule has 2 rings (SSSR count). The zero-order chi connectivity index (χ0) is 9.80. The van der Waals surface area contributed by atoms with E-state index < -0.39 is 0 Å². The summed E-state index contributed by atoms with van der Waals surface area (Å²) in [6.45, 7) is 4.74. The molecule has 1 aromatic heterocycles. The molecule has 1 aliphatic heterocycles. The SMILES string of the molecule is S=c1nc(CCN2CCOCC2)[nH][nH]1. The van der Waals surface area contributed by atoms with Crippen LogP contribution in [0.1, 0.15) is 5.82 Å². The van der Waals surface area contributed by atoms with Crippen LogP contribution in [-0.4, -0.2) is 52.9 Å². The number of ether oxygens (including phenoxy) is 1. The van der Waals surface area contributed by atoms with Gasteiger partial charge < -0.3 is 4.74 Å². The third-order valence-corrected chi connectivity index (χ3v) is 2.51. The van der Waals surface area contributed by atoms with Crippen molar-refractivity contribution in [1.29, 1.82) is 0 Å². The van der Waals surface area contributed by atoms with Crippen LogP contribution in [-0.2, 0) is 11.2 Å². The summed E-state index contributed by atoms with van der Waals surface area (Å²) in [5, 5.41) is 5.74. The molecule has 0 bridgehead atoms. The molecule has 0 amide bonds. The lowest BCUT2D eigenvalue weighted by Gasteiger charge is -2.25. The number of rotatable bonds is 3. The normalized spacial score (nSPS) is 18.6. The van der Waals surface area contributed by atoms with Crippen molar-refractivity contribution in [3.63, 3.8) is 0 Å². The minimum absolute atomic E-state index is 0.530. The second-order valence-corrected chi connectivity index (χ2v) is 3.70. The fourth-order valence-corrected chi connectivity index (χ4v) is 1.67. The number of nitrogens with zero attached hydrogens (tertiary/aromatic N) is 2. The number of aromatic nitrogens is 3. The highest BCUT2D eigenvalue weighted by Crippen LogP contribution is 1.98. The van der Waals surface area contributed by atoms with Crippen LogP contribution in [0, 0.1) is 4.77 Å². The van der Waals surface area contributed by atoms with E-state index >= 15 is 0 Å². The molecule has 14 heavy (non-hydrogen) atoms. The van der Waals surface area contributed by atoms with Crippen LogP contribution in [0.25, 0.3) is 0 Å². The Morgan fingerprint density at radius 1 is 1.36 bits per heavy atom. The first-order valence-electron chi connectivity index (χ1n) is 4.78. The largest absolute Gasteiger partial charge is 0.379 e. The first-order valence-corrected chi connectivity index (χ1v) is 5.19. The van der Waals surface area contributed by atoms with E-state index in [1.54, 1.807) is 0 Å². The number of morpholine rings is 1. The van der Waals surface area contributed by atoms with E-state index in [4.69, 9.17) is 17.0 Å². The molecule has 1 aromatic rings. The Kier molecular flexibility index (Phi) is 3.28. The molecule has 2 heterocycles. The third-order valence-electron chi connectivity index (χ3n) is 2.32. The summed E-state index contributed by atoms with van der Waals surface area (Å²) in [5.41, 5.74) is 0. The fourth-order valence-electron chi connectivity index (χ4n) is 1.51. The monoisotopic (exact) mass is 214 g/mol. The lowest BCUT2D eigenvalue weighted by atomic mass is 10.3. The lowest BCUT2D eigenvalue weighted by Crippen LogP contribution is -2.37. The van der Waals surface area contributed by atoms with Crippen LogP contribution in [0.5, 0.6) is 0 Å². The van der Waals surface area contributed by atoms with Gasteiger partial charge in [0.1, 0.15) is 5.82 Å². The highest BCUT2D eigenvalue weighted by Gasteiger charge is 2.10. The Balaban J connectivity index is 1.78. The summed E-state index contributed by atoms with van der Waals surface area (Å²) < 4.78 is 5.80. The van der Waals surface area contributed by atoms with Gasteiger partial charge in [-0.05, 0) is 12.2 Å². The number of hydrogen-bond donors (Lipinski definition) is 2. The van der Waals surface area contributed by atoms with Gasteiger partial charge in [-0.1, -0.05) is 0 Å². The van der Waals surface area contributed by atoms with Gasteiger partial charge in [0.25, 0.3) is 0 Å². The fraction of sp³-hybridized carbons (Fsp3) is 0.750. The average molecular weight is 214 g/mol. The van der Waals surface area contributed by atoms with Gasteiger partial charge in [0.15, 0.2) is 0 Å². The zero-order valence-electron chi connectivity index (χ0n) is 7.95. The van der Waals surface area contributed by atoms with Crippen molar-refractivity contribution in [2.75, 3.05) is 32.8 Å². The standard InChI is InChI=1S/C8H14N4OS/c14-8-9-7(10-11-8)1-2-12-3-5-13-6-4-12/h1-6H2,(H2,9,10,11,14). The molecule has 6 heteroatoms. The van der Waals surface area contributed by atoms with Crippen LogP contribution >= 0.6 is 12.2 Å². The molecular formula is C8H14N4OS. The van der Waals surface area contributed by atoms with Gasteiger partial charge >= 0.3 is 0 Å². The maximum atomic E-state index is 5.27. The molecule has 0 spiro atoms. The first kappa shape index (κ1) is 9.82. The van der Waals surface area contributed by atoms with Crippen molar-refractivity contribution >= 4 is 12.2 Å². The molecule has 0 unspecified atom stereocenters. The minimum Gasteiger partial charge on any atom is -0.379 e. The molecule has 1 fully saturated rings. The topological polar surface area (TPSA) is 56.9 Å².